The Bertz CT molecular complexity index is 405. The van der Waals surface area contributed by atoms with E-state index in [0.717, 1.165) is 57.9 Å². The quantitative estimate of drug-likeness (QED) is 0.243. The minimum Gasteiger partial charge on any atom is -0.357 e. The average molecular weight is 479 g/mol. The van der Waals surface area contributed by atoms with E-state index >= 15 is 0 Å². The van der Waals surface area contributed by atoms with Gasteiger partial charge in [0.25, 0.3) is 0 Å². The molecule has 2 aliphatic rings. The molecule has 2 N–H and O–H groups in total. The molecule has 6 nitrogen and oxygen atoms in total. The summed E-state index contributed by atoms with van der Waals surface area (Å²) in [6.45, 7) is 9.94. The molecule has 2 aliphatic heterocycles. The van der Waals surface area contributed by atoms with Crippen LogP contribution in [0.1, 0.15) is 58.3 Å². The number of hydrogen-bond donors (Lipinski definition) is 2. The van der Waals surface area contributed by atoms with Gasteiger partial charge in [0.2, 0.25) is 5.91 Å². The number of nitrogens with zero attached hydrogens (tertiary/aromatic N) is 3. The maximum atomic E-state index is 12.1. The highest BCUT2D eigenvalue weighted by molar-refractivity contribution is 14.0. The van der Waals surface area contributed by atoms with Gasteiger partial charge in [-0.2, -0.15) is 0 Å². The van der Waals surface area contributed by atoms with Crippen molar-refractivity contribution in [1.29, 1.82) is 0 Å². The lowest BCUT2D eigenvalue weighted by molar-refractivity contribution is -0.129. The normalized spacial score (nSPS) is 19.0. The van der Waals surface area contributed by atoms with Crippen molar-refractivity contribution >= 4 is 35.8 Å². The predicted octanol–water partition coefficient (Wildman–Crippen LogP) is 2.44. The van der Waals surface area contributed by atoms with Crippen LogP contribution < -0.4 is 10.6 Å². The summed E-state index contributed by atoms with van der Waals surface area (Å²) in [5, 5.41) is 6.58. The molecule has 1 amide bonds. The summed E-state index contributed by atoms with van der Waals surface area (Å²) in [5.74, 6) is 1.11. The van der Waals surface area contributed by atoms with Crippen molar-refractivity contribution in [3.8, 4) is 0 Å². The lowest BCUT2D eigenvalue weighted by atomic mass is 10.2. The molecule has 7 heteroatoms. The van der Waals surface area contributed by atoms with Gasteiger partial charge in [-0.3, -0.25) is 9.79 Å². The Morgan fingerprint density at radius 1 is 0.962 bits per heavy atom. The first-order valence-corrected chi connectivity index (χ1v) is 10.3. The van der Waals surface area contributed by atoms with Gasteiger partial charge in [0.05, 0.1) is 0 Å². The van der Waals surface area contributed by atoms with E-state index in [1.165, 1.54) is 38.8 Å². The van der Waals surface area contributed by atoms with Crippen LogP contribution in [0.2, 0.25) is 0 Å². The molecule has 0 aromatic rings. The zero-order valence-corrected chi connectivity index (χ0v) is 18.8. The third-order valence-corrected chi connectivity index (χ3v) is 5.04. The van der Waals surface area contributed by atoms with E-state index < -0.39 is 0 Å². The first-order valence-electron chi connectivity index (χ1n) is 10.3. The summed E-state index contributed by atoms with van der Waals surface area (Å²) in [5.41, 5.74) is 0. The number of likely N-dealkylation sites (tertiary alicyclic amines) is 2. The summed E-state index contributed by atoms with van der Waals surface area (Å²) in [4.78, 5) is 21.3. The maximum Gasteiger partial charge on any atom is 0.224 e. The number of halogens is 1. The van der Waals surface area contributed by atoms with Crippen molar-refractivity contribution in [1.82, 2.24) is 20.4 Å². The maximum absolute atomic E-state index is 12.1. The van der Waals surface area contributed by atoms with Gasteiger partial charge >= 0.3 is 0 Å². The molecule has 0 bridgehead atoms. The molecule has 0 atom stereocenters. The number of nitrogens with one attached hydrogen (secondary N) is 2. The van der Waals surface area contributed by atoms with E-state index in [1.807, 2.05) is 4.90 Å². The van der Waals surface area contributed by atoms with Crippen LogP contribution >= 0.6 is 24.0 Å². The molecule has 0 unspecified atom stereocenters. The van der Waals surface area contributed by atoms with Crippen LogP contribution in [0.3, 0.4) is 0 Å². The number of rotatable bonds is 8. The number of hydrogen-bond acceptors (Lipinski definition) is 3. The smallest absolute Gasteiger partial charge is 0.224 e. The fraction of sp³-hybridized carbons (Fsp3) is 0.895. The molecule has 0 saturated carbocycles. The SMILES string of the molecule is CCNC(=NCCCN1CCCCCC1)NCCC(=O)N1CCCC1.I. The van der Waals surface area contributed by atoms with E-state index in [1.54, 1.807) is 0 Å². The zero-order chi connectivity index (χ0) is 17.7. The largest absolute Gasteiger partial charge is 0.357 e. The molecule has 0 aliphatic carbocycles. The van der Waals surface area contributed by atoms with Gasteiger partial charge in [0.15, 0.2) is 5.96 Å². The lowest BCUT2D eigenvalue weighted by Gasteiger charge is -2.19. The highest BCUT2D eigenvalue weighted by Gasteiger charge is 2.17. The number of guanidine groups is 1. The molecule has 0 radical (unpaired) electrons. The Labute approximate surface area is 176 Å². The highest BCUT2D eigenvalue weighted by atomic mass is 127. The van der Waals surface area contributed by atoms with E-state index in [0.29, 0.717) is 13.0 Å². The topological polar surface area (TPSA) is 60.0 Å². The molecule has 152 valence electrons. The fourth-order valence-corrected chi connectivity index (χ4v) is 3.60. The van der Waals surface area contributed by atoms with Crippen LogP contribution in [0.25, 0.3) is 0 Å². The minimum atomic E-state index is 0. The molecule has 0 spiro atoms. The highest BCUT2D eigenvalue weighted by Crippen LogP contribution is 2.10. The molecule has 2 fully saturated rings. The van der Waals surface area contributed by atoms with E-state index in [2.05, 4.69) is 27.4 Å². The van der Waals surface area contributed by atoms with E-state index in [9.17, 15) is 4.79 Å². The van der Waals surface area contributed by atoms with Crippen LogP contribution in [0.4, 0.5) is 0 Å². The molecule has 2 saturated heterocycles. The van der Waals surface area contributed by atoms with Gasteiger partial charge in [-0.15, -0.1) is 24.0 Å². The van der Waals surface area contributed by atoms with Crippen molar-refractivity contribution in [3.63, 3.8) is 0 Å². The molecular weight excluding hydrogens is 441 g/mol. The third kappa shape index (κ3) is 9.39. The lowest BCUT2D eigenvalue weighted by Crippen LogP contribution is -2.40. The second kappa shape index (κ2) is 14.5. The summed E-state index contributed by atoms with van der Waals surface area (Å²) in [6, 6.07) is 0. The predicted molar refractivity (Wildman–Crippen MR) is 119 cm³/mol. The fourth-order valence-electron chi connectivity index (χ4n) is 3.60. The Kier molecular flexibility index (Phi) is 13.1. The van der Waals surface area contributed by atoms with Gasteiger partial charge < -0.3 is 20.4 Å². The average Bonchev–Trinajstić information content (AvgIpc) is 3.03. The Hall–Kier alpha value is -0.570. The molecule has 26 heavy (non-hydrogen) atoms. The Balaban J connectivity index is 0.00000338. The third-order valence-electron chi connectivity index (χ3n) is 5.04. The Morgan fingerprint density at radius 3 is 2.27 bits per heavy atom. The van der Waals surface area contributed by atoms with Gasteiger partial charge in [-0.05, 0) is 58.7 Å². The number of amides is 1. The zero-order valence-electron chi connectivity index (χ0n) is 16.5. The second-order valence-electron chi connectivity index (χ2n) is 7.13. The van der Waals surface area contributed by atoms with Gasteiger partial charge in [-0.1, -0.05) is 12.8 Å². The summed E-state index contributed by atoms with van der Waals surface area (Å²) < 4.78 is 0. The van der Waals surface area contributed by atoms with Crippen LogP contribution in [0, 0.1) is 0 Å². The van der Waals surface area contributed by atoms with Crippen molar-refractivity contribution in [3.05, 3.63) is 0 Å². The van der Waals surface area contributed by atoms with Crippen LogP contribution in [0.5, 0.6) is 0 Å². The van der Waals surface area contributed by atoms with Gasteiger partial charge in [0, 0.05) is 39.1 Å². The van der Waals surface area contributed by atoms with Crippen LogP contribution in [0.15, 0.2) is 4.99 Å². The van der Waals surface area contributed by atoms with Gasteiger partial charge in [-0.25, -0.2) is 0 Å². The number of aliphatic imine (C=N–C) groups is 1. The molecule has 0 aromatic heterocycles. The minimum absolute atomic E-state index is 0. The molecule has 2 rings (SSSR count). The number of carbonyl (C=O) groups is 1. The molecule has 0 aromatic carbocycles. The van der Waals surface area contributed by atoms with E-state index in [-0.39, 0.29) is 29.9 Å². The summed E-state index contributed by atoms with van der Waals surface area (Å²) >= 11 is 0. The standard InChI is InChI=1S/C19H37N5O.HI/c1-2-20-19(22-12-10-18(25)24-16-7-8-17-24)21-11-9-15-23-13-5-3-4-6-14-23;/h2-17H2,1H3,(H2,20,21,22);1H. The monoisotopic (exact) mass is 479 g/mol. The van der Waals surface area contributed by atoms with E-state index in [4.69, 9.17) is 0 Å². The summed E-state index contributed by atoms with van der Waals surface area (Å²) in [7, 11) is 0. The summed E-state index contributed by atoms with van der Waals surface area (Å²) in [6.07, 6.45) is 9.43. The van der Waals surface area contributed by atoms with Crippen molar-refractivity contribution in [2.24, 2.45) is 4.99 Å². The van der Waals surface area contributed by atoms with Crippen LogP contribution in [-0.4, -0.2) is 74.0 Å². The second-order valence-corrected chi connectivity index (χ2v) is 7.13. The molecular formula is C19H38IN5O. The first-order chi connectivity index (χ1) is 12.3. The Morgan fingerprint density at radius 2 is 1.62 bits per heavy atom. The van der Waals surface area contributed by atoms with Crippen molar-refractivity contribution in [2.75, 3.05) is 52.4 Å². The van der Waals surface area contributed by atoms with Gasteiger partial charge in [0.1, 0.15) is 0 Å². The van der Waals surface area contributed by atoms with Crippen molar-refractivity contribution in [2.45, 2.75) is 58.3 Å². The van der Waals surface area contributed by atoms with Crippen LogP contribution in [-0.2, 0) is 4.79 Å². The number of carbonyl (C=O) groups excluding carboxylic acids is 1. The van der Waals surface area contributed by atoms with Crippen molar-refractivity contribution < 1.29 is 4.79 Å². The molecule has 2 heterocycles. The first kappa shape index (κ1) is 23.5.